The van der Waals surface area contributed by atoms with Gasteiger partial charge in [0.1, 0.15) is 12.3 Å². The fraction of sp³-hybridized carbons (Fsp3) is 0.778. The number of nitrogens with two attached hydrogens (primary N) is 2. The molecule has 0 rings (SSSR count). The van der Waals surface area contributed by atoms with Crippen LogP contribution in [0.2, 0.25) is 0 Å². The molecule has 2 atom stereocenters. The lowest BCUT2D eigenvalue weighted by Crippen LogP contribution is -2.49. The van der Waals surface area contributed by atoms with E-state index in [9.17, 15) is 14.4 Å². The first-order valence-corrected chi connectivity index (χ1v) is 9.47. The molecule has 1 unspecified atom stereocenters. The van der Waals surface area contributed by atoms with Gasteiger partial charge in [0.05, 0.1) is 0 Å². The zero-order chi connectivity index (χ0) is 19.8. The van der Waals surface area contributed by atoms with E-state index >= 15 is 0 Å². The van der Waals surface area contributed by atoms with Gasteiger partial charge in [-0.2, -0.15) is 0 Å². The highest BCUT2D eigenvalue weighted by atomic mass is 16.2. The van der Waals surface area contributed by atoms with Gasteiger partial charge < -0.3 is 26.9 Å². The summed E-state index contributed by atoms with van der Waals surface area (Å²) in [4.78, 5) is 38.3. The van der Waals surface area contributed by atoms with Crippen LogP contribution in [0, 0.1) is 0 Å². The Balaban J connectivity index is 4.65. The molecule has 0 bridgehead atoms. The van der Waals surface area contributed by atoms with E-state index in [0.717, 1.165) is 44.8 Å². The van der Waals surface area contributed by atoms with Gasteiger partial charge in [-0.05, 0) is 32.1 Å². The molecule has 6 N–H and O–H groups in total. The number of carbonyl (C=O) groups is 3. The van der Waals surface area contributed by atoms with Crippen LogP contribution in [0.3, 0.4) is 0 Å². The summed E-state index contributed by atoms with van der Waals surface area (Å²) in [5.74, 6) is -0.412. The van der Waals surface area contributed by atoms with Crippen molar-refractivity contribution in [2.75, 3.05) is 6.54 Å². The highest BCUT2D eigenvalue weighted by molar-refractivity contribution is 5.86. The molecule has 26 heavy (non-hydrogen) atoms. The molecule has 150 valence electrons. The second kappa shape index (κ2) is 15.2. The number of hydrogen-bond donors (Lipinski definition) is 4. The average Bonchev–Trinajstić information content (AvgIpc) is 2.58. The summed E-state index contributed by atoms with van der Waals surface area (Å²) in [6.07, 6.45) is 8.05. The van der Waals surface area contributed by atoms with Crippen molar-refractivity contribution >= 4 is 24.1 Å². The van der Waals surface area contributed by atoms with E-state index in [1.165, 1.54) is 6.92 Å². The number of rotatable bonds is 15. The maximum Gasteiger partial charge on any atom is 0.242 e. The van der Waals surface area contributed by atoms with Gasteiger partial charge in [0.25, 0.3) is 0 Å². The highest BCUT2D eigenvalue weighted by Gasteiger charge is 2.21. The first kappa shape index (κ1) is 23.9. The Bertz CT molecular complexity index is 450. The molecule has 0 aliphatic rings. The van der Waals surface area contributed by atoms with Gasteiger partial charge in [-0.1, -0.05) is 26.2 Å². The van der Waals surface area contributed by atoms with E-state index < -0.39 is 6.04 Å². The molecule has 0 aliphatic carbocycles. The first-order chi connectivity index (χ1) is 12.4. The normalized spacial score (nSPS) is 12.7. The van der Waals surface area contributed by atoms with Crippen LogP contribution in [0.15, 0.2) is 4.99 Å². The number of guanidine groups is 1. The molecule has 0 aromatic carbocycles. The number of unbranched alkanes of at least 4 members (excludes halogenated alkanes) is 3. The standard InChI is InChI=1S/C18H35N5O3/c1-3-4-9-15(10-6-5-7-13-24)23-17(26)16(22-14(2)25)11-8-12-21-18(19)20/h13,15-16H,3-12H2,1-2H3,(H,22,25)(H,23,26)(H4,19,20,21)/t15?,16-/m1/s1. The average molecular weight is 370 g/mol. The molecular formula is C18H35N5O3. The zero-order valence-electron chi connectivity index (χ0n) is 16.1. The molecular weight excluding hydrogens is 334 g/mol. The predicted molar refractivity (Wildman–Crippen MR) is 104 cm³/mol. The largest absolute Gasteiger partial charge is 0.370 e. The Morgan fingerprint density at radius 2 is 1.73 bits per heavy atom. The Hall–Kier alpha value is -2.12. The molecule has 0 spiro atoms. The predicted octanol–water partition coefficient (Wildman–Crippen LogP) is 0.979. The maximum atomic E-state index is 12.6. The summed E-state index contributed by atoms with van der Waals surface area (Å²) < 4.78 is 0. The van der Waals surface area contributed by atoms with E-state index in [2.05, 4.69) is 22.5 Å². The highest BCUT2D eigenvalue weighted by Crippen LogP contribution is 2.11. The third kappa shape index (κ3) is 13.2. The van der Waals surface area contributed by atoms with Crippen molar-refractivity contribution in [2.24, 2.45) is 16.5 Å². The molecule has 0 aliphatic heterocycles. The van der Waals surface area contributed by atoms with E-state index in [4.69, 9.17) is 11.5 Å². The second-order valence-electron chi connectivity index (χ2n) is 6.50. The van der Waals surface area contributed by atoms with Gasteiger partial charge in [0.2, 0.25) is 11.8 Å². The number of aldehydes is 1. The van der Waals surface area contributed by atoms with Gasteiger partial charge >= 0.3 is 0 Å². The molecule has 2 amide bonds. The summed E-state index contributed by atoms with van der Waals surface area (Å²) >= 11 is 0. The van der Waals surface area contributed by atoms with Crippen LogP contribution in [-0.2, 0) is 14.4 Å². The van der Waals surface area contributed by atoms with Crippen molar-refractivity contribution in [3.05, 3.63) is 0 Å². The minimum absolute atomic E-state index is 0.0143. The van der Waals surface area contributed by atoms with Gasteiger partial charge in [-0.3, -0.25) is 14.6 Å². The van der Waals surface area contributed by atoms with Crippen LogP contribution in [0.4, 0.5) is 0 Å². The topological polar surface area (TPSA) is 140 Å². The number of nitrogens with one attached hydrogen (secondary N) is 2. The number of hydrogen-bond acceptors (Lipinski definition) is 4. The Labute approximate surface area is 156 Å². The lowest BCUT2D eigenvalue weighted by Gasteiger charge is -2.23. The maximum absolute atomic E-state index is 12.6. The fourth-order valence-corrected chi connectivity index (χ4v) is 2.68. The van der Waals surface area contributed by atoms with Crippen molar-refractivity contribution in [3.8, 4) is 0 Å². The summed E-state index contributed by atoms with van der Waals surface area (Å²) in [6, 6.07) is -0.538. The lowest BCUT2D eigenvalue weighted by molar-refractivity contribution is -0.128. The third-order valence-electron chi connectivity index (χ3n) is 4.02. The number of carbonyl (C=O) groups excluding carboxylic acids is 3. The lowest BCUT2D eigenvalue weighted by atomic mass is 10.0. The van der Waals surface area contributed by atoms with Crippen LogP contribution in [0.1, 0.15) is 71.6 Å². The number of nitrogens with zero attached hydrogens (tertiary/aromatic N) is 1. The van der Waals surface area contributed by atoms with E-state index in [0.29, 0.717) is 25.8 Å². The van der Waals surface area contributed by atoms with Crippen LogP contribution < -0.4 is 22.1 Å². The summed E-state index contributed by atoms with van der Waals surface area (Å²) in [7, 11) is 0. The Morgan fingerprint density at radius 1 is 1.04 bits per heavy atom. The second-order valence-corrected chi connectivity index (χ2v) is 6.50. The first-order valence-electron chi connectivity index (χ1n) is 9.47. The van der Waals surface area contributed by atoms with Crippen molar-refractivity contribution in [1.29, 1.82) is 0 Å². The smallest absolute Gasteiger partial charge is 0.242 e. The van der Waals surface area contributed by atoms with Crippen LogP contribution in [0.25, 0.3) is 0 Å². The minimum Gasteiger partial charge on any atom is -0.370 e. The van der Waals surface area contributed by atoms with Crippen LogP contribution >= 0.6 is 0 Å². The van der Waals surface area contributed by atoms with E-state index in [-0.39, 0.29) is 23.8 Å². The third-order valence-corrected chi connectivity index (χ3v) is 4.02. The van der Waals surface area contributed by atoms with Crippen LogP contribution in [-0.4, -0.2) is 42.7 Å². The molecule has 0 radical (unpaired) electrons. The molecule has 0 heterocycles. The molecule has 0 saturated heterocycles. The molecule has 0 fully saturated rings. The molecule has 8 heteroatoms. The van der Waals surface area contributed by atoms with E-state index in [1.54, 1.807) is 0 Å². The van der Waals surface area contributed by atoms with Gasteiger partial charge in [-0.25, -0.2) is 0 Å². The Morgan fingerprint density at radius 3 is 2.31 bits per heavy atom. The SMILES string of the molecule is CCCCC(CCCCC=O)NC(=O)[C@@H](CCCN=C(N)N)NC(C)=O. The van der Waals surface area contributed by atoms with Gasteiger partial charge in [0.15, 0.2) is 5.96 Å². The van der Waals surface area contributed by atoms with Crippen molar-refractivity contribution in [3.63, 3.8) is 0 Å². The van der Waals surface area contributed by atoms with Gasteiger partial charge in [0, 0.05) is 25.9 Å². The summed E-state index contributed by atoms with van der Waals surface area (Å²) in [5, 5.41) is 5.75. The number of aliphatic imine (C=N–C) groups is 1. The van der Waals surface area contributed by atoms with E-state index in [1.807, 2.05) is 0 Å². The summed E-state index contributed by atoms with van der Waals surface area (Å²) in [6.45, 7) is 3.91. The molecule has 0 aromatic rings. The van der Waals surface area contributed by atoms with Crippen LogP contribution in [0.5, 0.6) is 0 Å². The minimum atomic E-state index is -0.596. The summed E-state index contributed by atoms with van der Waals surface area (Å²) in [5.41, 5.74) is 10.6. The monoisotopic (exact) mass is 369 g/mol. The molecule has 0 saturated carbocycles. The van der Waals surface area contributed by atoms with Crippen molar-refractivity contribution in [1.82, 2.24) is 10.6 Å². The fourth-order valence-electron chi connectivity index (χ4n) is 2.68. The van der Waals surface area contributed by atoms with Crippen molar-refractivity contribution < 1.29 is 14.4 Å². The quantitative estimate of drug-likeness (QED) is 0.147. The number of amides is 2. The Kier molecular flexibility index (Phi) is 13.9. The zero-order valence-corrected chi connectivity index (χ0v) is 16.1. The van der Waals surface area contributed by atoms with Gasteiger partial charge in [-0.15, -0.1) is 0 Å². The van der Waals surface area contributed by atoms with Crippen molar-refractivity contribution in [2.45, 2.75) is 83.7 Å². The molecule has 8 nitrogen and oxygen atoms in total. The molecule has 0 aromatic heterocycles.